The molecule has 0 fully saturated rings. The highest BCUT2D eigenvalue weighted by molar-refractivity contribution is 6.21. The van der Waals surface area contributed by atoms with Gasteiger partial charge in [0.05, 0.1) is 11.1 Å². The molecule has 0 unspecified atom stereocenters. The molecule has 1 aromatic heterocycles. The lowest BCUT2D eigenvalue weighted by molar-refractivity contribution is -0.137. The maximum Gasteiger partial charge on any atom is 0.303 e. The molecule has 0 saturated heterocycles. The van der Waals surface area contributed by atoms with Crippen LogP contribution in [0.4, 0.5) is 0 Å². The van der Waals surface area contributed by atoms with Crippen LogP contribution >= 0.6 is 0 Å². The van der Waals surface area contributed by atoms with Crippen molar-refractivity contribution >= 4 is 17.8 Å². The molecule has 6 heteroatoms. The number of unbranched alkanes of at least 4 members (excludes halogenated alkanes) is 1. The highest BCUT2D eigenvalue weighted by Gasteiger charge is 2.34. The van der Waals surface area contributed by atoms with Crippen molar-refractivity contribution < 1.29 is 19.5 Å². The van der Waals surface area contributed by atoms with Crippen LogP contribution in [0.25, 0.3) is 0 Å². The van der Waals surface area contributed by atoms with E-state index in [1.165, 1.54) is 18.5 Å². The lowest BCUT2D eigenvalue weighted by atomic mass is 10.2. The van der Waals surface area contributed by atoms with E-state index < -0.39 is 5.97 Å². The number of rotatable bonds is 5. The van der Waals surface area contributed by atoms with Crippen molar-refractivity contribution in [2.24, 2.45) is 0 Å². The van der Waals surface area contributed by atoms with Crippen molar-refractivity contribution in [3.63, 3.8) is 0 Å². The van der Waals surface area contributed by atoms with Crippen molar-refractivity contribution in [2.45, 2.75) is 19.3 Å². The Morgan fingerprint density at radius 2 is 1.94 bits per heavy atom. The molecule has 6 nitrogen and oxygen atoms in total. The predicted molar refractivity (Wildman–Crippen MR) is 61.1 cm³/mol. The predicted octanol–water partition coefficient (Wildman–Crippen LogP) is 0.933. The summed E-state index contributed by atoms with van der Waals surface area (Å²) in [6.07, 6.45) is 3.83. The third-order valence-electron chi connectivity index (χ3n) is 2.79. The Morgan fingerprint density at radius 1 is 1.22 bits per heavy atom. The summed E-state index contributed by atoms with van der Waals surface area (Å²) in [5, 5.41) is 8.50. The summed E-state index contributed by atoms with van der Waals surface area (Å²) in [5.74, 6) is -1.55. The van der Waals surface area contributed by atoms with E-state index in [9.17, 15) is 14.4 Å². The fraction of sp³-hybridized carbons (Fsp3) is 0.333. The van der Waals surface area contributed by atoms with Gasteiger partial charge in [-0.05, 0) is 18.9 Å². The zero-order valence-electron chi connectivity index (χ0n) is 9.63. The minimum atomic E-state index is -0.874. The van der Waals surface area contributed by atoms with Crippen LogP contribution < -0.4 is 0 Å². The number of hydrogen-bond acceptors (Lipinski definition) is 4. The Kier molecular flexibility index (Phi) is 3.36. The van der Waals surface area contributed by atoms with Crippen LogP contribution in [0.1, 0.15) is 40.0 Å². The number of hydrogen-bond donors (Lipinski definition) is 1. The van der Waals surface area contributed by atoms with Gasteiger partial charge in [-0.2, -0.15) is 0 Å². The zero-order valence-corrected chi connectivity index (χ0v) is 9.63. The van der Waals surface area contributed by atoms with Gasteiger partial charge < -0.3 is 5.11 Å². The van der Waals surface area contributed by atoms with Gasteiger partial charge in [-0.1, -0.05) is 0 Å². The summed E-state index contributed by atoms with van der Waals surface area (Å²) in [4.78, 5) is 39.1. The molecule has 1 aromatic rings. The van der Waals surface area contributed by atoms with Crippen LogP contribution in [-0.4, -0.2) is 39.3 Å². The molecule has 2 rings (SSSR count). The third kappa shape index (κ3) is 2.22. The summed E-state index contributed by atoms with van der Waals surface area (Å²) in [5.41, 5.74) is 0.689. The first-order valence-corrected chi connectivity index (χ1v) is 5.63. The van der Waals surface area contributed by atoms with Crippen LogP contribution in [0, 0.1) is 0 Å². The number of carboxylic acid groups (broad SMARTS) is 1. The number of pyridine rings is 1. The number of nitrogens with zero attached hydrogens (tertiary/aromatic N) is 2. The molecule has 2 heterocycles. The molecular weight excluding hydrogens is 236 g/mol. The monoisotopic (exact) mass is 248 g/mol. The van der Waals surface area contributed by atoms with Crippen LogP contribution in [0.15, 0.2) is 18.5 Å². The fourth-order valence-corrected chi connectivity index (χ4v) is 1.88. The van der Waals surface area contributed by atoms with Crippen LogP contribution in [0.3, 0.4) is 0 Å². The van der Waals surface area contributed by atoms with E-state index >= 15 is 0 Å². The largest absolute Gasteiger partial charge is 0.481 e. The molecule has 0 aliphatic carbocycles. The Bertz CT molecular complexity index is 478. The lowest BCUT2D eigenvalue weighted by Crippen LogP contribution is -2.30. The third-order valence-corrected chi connectivity index (χ3v) is 2.79. The van der Waals surface area contributed by atoms with Gasteiger partial charge in [-0.15, -0.1) is 0 Å². The van der Waals surface area contributed by atoms with Gasteiger partial charge in [0.2, 0.25) is 0 Å². The van der Waals surface area contributed by atoms with Gasteiger partial charge >= 0.3 is 5.97 Å². The van der Waals surface area contributed by atoms with Gasteiger partial charge in [0, 0.05) is 25.4 Å². The highest BCUT2D eigenvalue weighted by Crippen LogP contribution is 2.21. The first-order chi connectivity index (χ1) is 8.61. The number of carboxylic acids is 1. The number of carbonyl (C=O) groups is 3. The lowest BCUT2D eigenvalue weighted by Gasteiger charge is -2.12. The molecule has 1 N–H and O–H groups in total. The molecule has 0 radical (unpaired) electrons. The fourth-order valence-electron chi connectivity index (χ4n) is 1.88. The molecule has 1 aliphatic heterocycles. The summed E-state index contributed by atoms with van der Waals surface area (Å²) >= 11 is 0. The smallest absolute Gasteiger partial charge is 0.303 e. The average Bonchev–Trinajstić information content (AvgIpc) is 2.59. The molecule has 0 saturated carbocycles. The average molecular weight is 248 g/mol. The Labute approximate surface area is 103 Å². The van der Waals surface area contributed by atoms with Gasteiger partial charge in [0.1, 0.15) is 0 Å². The van der Waals surface area contributed by atoms with E-state index in [4.69, 9.17) is 5.11 Å². The maximum absolute atomic E-state index is 11.9. The second-order valence-electron chi connectivity index (χ2n) is 4.03. The van der Waals surface area contributed by atoms with Crippen molar-refractivity contribution in [3.05, 3.63) is 29.6 Å². The van der Waals surface area contributed by atoms with E-state index in [0.717, 1.165) is 4.90 Å². The number of carbonyl (C=O) groups excluding carboxylic acids is 2. The molecule has 1 aliphatic rings. The second kappa shape index (κ2) is 4.95. The first kappa shape index (κ1) is 12.2. The van der Waals surface area contributed by atoms with Gasteiger partial charge in [-0.25, -0.2) is 0 Å². The number of imide groups is 1. The Balaban J connectivity index is 1.99. The van der Waals surface area contributed by atoms with E-state index in [0.29, 0.717) is 24.0 Å². The SMILES string of the molecule is O=C(O)CCCCN1C(=O)c2ccncc2C1=O. The molecule has 94 valence electrons. The van der Waals surface area contributed by atoms with Crippen LogP contribution in [0.5, 0.6) is 0 Å². The minimum absolute atomic E-state index is 0.0464. The minimum Gasteiger partial charge on any atom is -0.481 e. The molecule has 2 amide bonds. The van der Waals surface area contributed by atoms with Crippen LogP contribution in [-0.2, 0) is 4.79 Å². The Hall–Kier alpha value is -2.24. The van der Waals surface area contributed by atoms with E-state index in [1.54, 1.807) is 0 Å². The number of aliphatic carboxylic acids is 1. The van der Waals surface area contributed by atoms with Crippen molar-refractivity contribution in [1.82, 2.24) is 9.88 Å². The zero-order chi connectivity index (χ0) is 13.1. The summed E-state index contributed by atoms with van der Waals surface area (Å²) < 4.78 is 0. The molecule has 0 aromatic carbocycles. The summed E-state index contributed by atoms with van der Waals surface area (Å²) in [6.45, 7) is 0.250. The molecular formula is C12H12N2O4. The van der Waals surface area contributed by atoms with E-state index in [2.05, 4.69) is 4.98 Å². The first-order valence-electron chi connectivity index (χ1n) is 5.63. The number of aromatic nitrogens is 1. The van der Waals surface area contributed by atoms with Crippen molar-refractivity contribution in [2.75, 3.05) is 6.54 Å². The van der Waals surface area contributed by atoms with Gasteiger partial charge in [0.25, 0.3) is 11.8 Å². The second-order valence-corrected chi connectivity index (χ2v) is 4.03. The Morgan fingerprint density at radius 3 is 2.61 bits per heavy atom. The maximum atomic E-state index is 11.9. The highest BCUT2D eigenvalue weighted by atomic mass is 16.4. The van der Waals surface area contributed by atoms with Crippen molar-refractivity contribution in [1.29, 1.82) is 0 Å². The van der Waals surface area contributed by atoms with Crippen LogP contribution in [0.2, 0.25) is 0 Å². The summed E-state index contributed by atoms with van der Waals surface area (Å²) in [7, 11) is 0. The van der Waals surface area contributed by atoms with Crippen molar-refractivity contribution in [3.8, 4) is 0 Å². The standard InChI is InChI=1S/C12H12N2O4/c15-10(16)3-1-2-6-14-11(17)8-4-5-13-7-9(8)12(14)18/h4-5,7H,1-3,6H2,(H,15,16). The van der Waals surface area contributed by atoms with Gasteiger partial charge in [-0.3, -0.25) is 24.3 Å². The number of amides is 2. The normalized spacial score (nSPS) is 13.9. The molecule has 0 bridgehead atoms. The van der Waals surface area contributed by atoms with E-state index in [-0.39, 0.29) is 24.8 Å². The van der Waals surface area contributed by atoms with E-state index in [1.807, 2.05) is 0 Å². The number of fused-ring (bicyclic) bond motifs is 1. The van der Waals surface area contributed by atoms with Gasteiger partial charge in [0.15, 0.2) is 0 Å². The molecule has 18 heavy (non-hydrogen) atoms. The summed E-state index contributed by atoms with van der Waals surface area (Å²) in [6, 6.07) is 1.52. The quantitative estimate of drug-likeness (QED) is 0.618. The topological polar surface area (TPSA) is 87.6 Å². The molecule has 0 spiro atoms. The molecule has 0 atom stereocenters.